The third-order valence-corrected chi connectivity index (χ3v) is 6.58. The highest BCUT2D eigenvalue weighted by molar-refractivity contribution is 5.11. The van der Waals surface area contributed by atoms with Crippen LogP contribution in [0.15, 0.2) is 0 Å². The smallest absolute Gasteiger partial charge is 0.0636 e. The van der Waals surface area contributed by atoms with Crippen LogP contribution in [0.3, 0.4) is 0 Å². The molecule has 0 aromatic carbocycles. The van der Waals surface area contributed by atoms with Crippen molar-refractivity contribution in [3.63, 3.8) is 0 Å². The molecule has 2 heteroatoms. The summed E-state index contributed by atoms with van der Waals surface area (Å²) in [7, 11) is 0. The molecule has 0 radical (unpaired) electrons. The first-order valence-corrected chi connectivity index (χ1v) is 8.05. The van der Waals surface area contributed by atoms with Crippen molar-refractivity contribution < 1.29 is 4.74 Å². The van der Waals surface area contributed by atoms with Crippen LogP contribution < -0.4 is 5.73 Å². The van der Waals surface area contributed by atoms with Crippen molar-refractivity contribution in [3.05, 3.63) is 0 Å². The van der Waals surface area contributed by atoms with E-state index >= 15 is 0 Å². The fourth-order valence-electron chi connectivity index (χ4n) is 4.26. The van der Waals surface area contributed by atoms with E-state index in [1.165, 1.54) is 25.7 Å². The molecule has 2 nitrogen and oxygen atoms in total. The van der Waals surface area contributed by atoms with Gasteiger partial charge in [0.25, 0.3) is 0 Å². The van der Waals surface area contributed by atoms with Crippen molar-refractivity contribution in [2.24, 2.45) is 27.9 Å². The molecule has 2 aliphatic rings. The van der Waals surface area contributed by atoms with Gasteiger partial charge in [-0.2, -0.15) is 0 Å². The second-order valence-corrected chi connectivity index (χ2v) is 8.44. The molecule has 2 rings (SSSR count). The predicted molar refractivity (Wildman–Crippen MR) is 81.0 cm³/mol. The maximum Gasteiger partial charge on any atom is 0.0636 e. The standard InChI is InChI=1S/C17H33NO/c1-15(2,12-18)8-6-10-19-14-11-13-7-9-17(14,5)16(13,3)4/h13-14H,6-12,18H2,1-5H3. The lowest BCUT2D eigenvalue weighted by Crippen LogP contribution is -2.37. The molecular formula is C17H33NO. The van der Waals surface area contributed by atoms with Gasteiger partial charge >= 0.3 is 0 Å². The Hall–Kier alpha value is -0.0800. The quantitative estimate of drug-likeness (QED) is 0.739. The number of fused-ring (bicyclic) bond motifs is 2. The molecule has 3 atom stereocenters. The van der Waals surface area contributed by atoms with Crippen LogP contribution in [0.4, 0.5) is 0 Å². The third-order valence-electron chi connectivity index (χ3n) is 6.58. The minimum Gasteiger partial charge on any atom is -0.378 e. The molecule has 0 amide bonds. The van der Waals surface area contributed by atoms with E-state index in [2.05, 4.69) is 34.6 Å². The van der Waals surface area contributed by atoms with Crippen LogP contribution >= 0.6 is 0 Å². The summed E-state index contributed by atoms with van der Waals surface area (Å²) < 4.78 is 6.27. The second kappa shape index (κ2) is 5.04. The second-order valence-electron chi connectivity index (χ2n) is 8.44. The zero-order valence-electron chi connectivity index (χ0n) is 13.6. The molecule has 0 heterocycles. The molecule has 2 bridgehead atoms. The van der Waals surface area contributed by atoms with Crippen molar-refractivity contribution >= 4 is 0 Å². The van der Waals surface area contributed by atoms with Crippen molar-refractivity contribution in [1.82, 2.24) is 0 Å². The molecule has 112 valence electrons. The zero-order valence-corrected chi connectivity index (χ0v) is 13.6. The van der Waals surface area contributed by atoms with Gasteiger partial charge in [-0.05, 0) is 60.8 Å². The predicted octanol–water partition coefficient (Wildman–Crippen LogP) is 3.98. The number of nitrogens with two attached hydrogens (primary N) is 1. The van der Waals surface area contributed by atoms with Gasteiger partial charge in [0.15, 0.2) is 0 Å². The summed E-state index contributed by atoms with van der Waals surface area (Å²) in [5.41, 5.74) is 6.91. The lowest BCUT2D eigenvalue weighted by Gasteiger charge is -2.39. The van der Waals surface area contributed by atoms with Gasteiger partial charge in [0.1, 0.15) is 0 Å². The number of ether oxygens (including phenoxy) is 1. The lowest BCUT2D eigenvalue weighted by molar-refractivity contribution is -0.0489. The SMILES string of the molecule is CC(C)(CN)CCCOC1CC2CCC1(C)C2(C)C. The Bertz CT molecular complexity index is 323. The van der Waals surface area contributed by atoms with E-state index in [1.54, 1.807) is 0 Å². The maximum atomic E-state index is 6.27. The average Bonchev–Trinajstić information content (AvgIpc) is 2.67. The average molecular weight is 267 g/mol. The minimum atomic E-state index is 0.265. The summed E-state index contributed by atoms with van der Waals surface area (Å²) in [6.45, 7) is 13.5. The molecule has 2 saturated carbocycles. The molecule has 0 aliphatic heterocycles. The van der Waals surface area contributed by atoms with E-state index in [-0.39, 0.29) is 5.41 Å². The highest BCUT2D eigenvalue weighted by Gasteiger charge is 2.61. The number of hydrogen-bond acceptors (Lipinski definition) is 2. The van der Waals surface area contributed by atoms with Crippen LogP contribution in [0.1, 0.15) is 66.7 Å². The van der Waals surface area contributed by atoms with Crippen molar-refractivity contribution in [2.45, 2.75) is 72.8 Å². The Balaban J connectivity index is 1.80. The van der Waals surface area contributed by atoms with Crippen LogP contribution in [0.2, 0.25) is 0 Å². The van der Waals surface area contributed by atoms with Gasteiger partial charge in [-0.25, -0.2) is 0 Å². The Kier molecular flexibility index (Phi) is 4.06. The molecule has 19 heavy (non-hydrogen) atoms. The van der Waals surface area contributed by atoms with Crippen molar-refractivity contribution in [3.8, 4) is 0 Å². The van der Waals surface area contributed by atoms with Crippen LogP contribution in [0.5, 0.6) is 0 Å². The summed E-state index contributed by atoms with van der Waals surface area (Å²) in [5.74, 6) is 0.878. The van der Waals surface area contributed by atoms with E-state index in [9.17, 15) is 0 Å². The number of hydrogen-bond donors (Lipinski definition) is 1. The fraction of sp³-hybridized carbons (Fsp3) is 1.00. The molecule has 2 fully saturated rings. The maximum absolute atomic E-state index is 6.27. The van der Waals surface area contributed by atoms with Gasteiger partial charge in [-0.3, -0.25) is 0 Å². The first-order chi connectivity index (χ1) is 8.73. The van der Waals surface area contributed by atoms with Crippen LogP contribution in [-0.4, -0.2) is 19.3 Å². The highest BCUT2D eigenvalue weighted by Crippen LogP contribution is 2.66. The van der Waals surface area contributed by atoms with Gasteiger partial charge < -0.3 is 10.5 Å². The molecule has 0 saturated heterocycles. The summed E-state index contributed by atoms with van der Waals surface area (Å²) in [6.07, 6.45) is 6.83. The van der Waals surface area contributed by atoms with Gasteiger partial charge in [0.2, 0.25) is 0 Å². The van der Waals surface area contributed by atoms with Crippen LogP contribution in [-0.2, 0) is 4.74 Å². The normalized spacial score (nSPS) is 36.9. The summed E-state index contributed by atoms with van der Waals surface area (Å²) in [6, 6.07) is 0. The first-order valence-electron chi connectivity index (χ1n) is 8.05. The Morgan fingerprint density at radius 2 is 1.95 bits per heavy atom. The fourth-order valence-corrected chi connectivity index (χ4v) is 4.26. The Morgan fingerprint density at radius 1 is 1.26 bits per heavy atom. The van der Waals surface area contributed by atoms with Crippen LogP contribution in [0, 0.1) is 22.2 Å². The Labute approximate surface area is 119 Å². The van der Waals surface area contributed by atoms with E-state index in [0.29, 0.717) is 16.9 Å². The molecular weight excluding hydrogens is 234 g/mol. The third kappa shape index (κ3) is 2.58. The van der Waals surface area contributed by atoms with E-state index in [0.717, 1.165) is 25.5 Å². The summed E-state index contributed by atoms with van der Waals surface area (Å²) >= 11 is 0. The molecule has 3 unspecified atom stereocenters. The van der Waals surface area contributed by atoms with Gasteiger partial charge in [0, 0.05) is 6.61 Å². The van der Waals surface area contributed by atoms with Gasteiger partial charge in [0.05, 0.1) is 6.10 Å². The molecule has 0 spiro atoms. The Morgan fingerprint density at radius 3 is 2.42 bits per heavy atom. The van der Waals surface area contributed by atoms with E-state index < -0.39 is 0 Å². The zero-order chi connectivity index (χ0) is 14.3. The summed E-state index contributed by atoms with van der Waals surface area (Å²) in [4.78, 5) is 0. The lowest BCUT2D eigenvalue weighted by atomic mass is 9.70. The summed E-state index contributed by atoms with van der Waals surface area (Å²) in [5, 5.41) is 0. The molecule has 2 N–H and O–H groups in total. The van der Waals surface area contributed by atoms with E-state index in [1.807, 2.05) is 0 Å². The monoisotopic (exact) mass is 267 g/mol. The topological polar surface area (TPSA) is 35.2 Å². The van der Waals surface area contributed by atoms with Crippen LogP contribution in [0.25, 0.3) is 0 Å². The minimum absolute atomic E-state index is 0.265. The van der Waals surface area contributed by atoms with Gasteiger partial charge in [-0.15, -0.1) is 0 Å². The number of rotatable bonds is 6. The van der Waals surface area contributed by atoms with E-state index in [4.69, 9.17) is 10.5 Å². The first kappa shape index (κ1) is 15.3. The molecule has 2 aliphatic carbocycles. The molecule has 0 aromatic rings. The van der Waals surface area contributed by atoms with Crippen molar-refractivity contribution in [2.75, 3.05) is 13.2 Å². The largest absolute Gasteiger partial charge is 0.378 e. The molecule has 0 aromatic heterocycles. The van der Waals surface area contributed by atoms with Crippen molar-refractivity contribution in [1.29, 1.82) is 0 Å². The highest BCUT2D eigenvalue weighted by atomic mass is 16.5. The van der Waals surface area contributed by atoms with Gasteiger partial charge in [-0.1, -0.05) is 34.6 Å².